The van der Waals surface area contributed by atoms with Crippen molar-refractivity contribution in [3.8, 4) is 0 Å². The lowest BCUT2D eigenvalue weighted by Crippen LogP contribution is -2.35. The van der Waals surface area contributed by atoms with Gasteiger partial charge in [-0.2, -0.15) is 0 Å². The molecule has 104 valence electrons. The summed E-state index contributed by atoms with van der Waals surface area (Å²) in [4.78, 5) is 16.6. The summed E-state index contributed by atoms with van der Waals surface area (Å²) in [5.41, 5.74) is 5.58. The molecule has 2 N–H and O–H groups in total. The third kappa shape index (κ3) is 3.42. The van der Waals surface area contributed by atoms with E-state index in [1.54, 1.807) is 0 Å². The smallest absolute Gasteiger partial charge is 0.288 e. The molecular weight excluding hydrogens is 312 g/mol. The molecule has 0 unspecified atom stereocenters. The van der Waals surface area contributed by atoms with Crippen LogP contribution >= 0.6 is 15.9 Å². The standard InChI is InChI=1S/C12H17BrN4O2/c13-11-7-10(17(18)19)8-15-12(11)16-5-2-9(1-4-14)3-6-16/h7-9H,1-6,14H2. The number of anilines is 1. The fourth-order valence-electron chi connectivity index (χ4n) is 2.42. The molecule has 0 saturated carbocycles. The van der Waals surface area contributed by atoms with Crippen LogP contribution in [-0.4, -0.2) is 29.5 Å². The molecule has 0 bridgehead atoms. The largest absolute Gasteiger partial charge is 0.356 e. The van der Waals surface area contributed by atoms with E-state index >= 15 is 0 Å². The van der Waals surface area contributed by atoms with Crippen LogP contribution in [0.15, 0.2) is 16.7 Å². The third-order valence-electron chi connectivity index (χ3n) is 3.51. The molecule has 1 aromatic rings. The molecule has 6 nitrogen and oxygen atoms in total. The van der Waals surface area contributed by atoms with Crippen LogP contribution in [0.2, 0.25) is 0 Å². The zero-order valence-corrected chi connectivity index (χ0v) is 12.2. The Morgan fingerprint density at radius 1 is 1.53 bits per heavy atom. The van der Waals surface area contributed by atoms with Crippen molar-refractivity contribution < 1.29 is 4.92 Å². The van der Waals surface area contributed by atoms with Gasteiger partial charge in [-0.1, -0.05) is 0 Å². The molecule has 0 radical (unpaired) electrons. The first-order valence-corrected chi connectivity index (χ1v) is 7.16. The summed E-state index contributed by atoms with van der Waals surface area (Å²) in [5.74, 6) is 1.48. The average Bonchev–Trinajstić information content (AvgIpc) is 2.40. The van der Waals surface area contributed by atoms with E-state index in [0.717, 1.165) is 44.7 Å². The second-order valence-electron chi connectivity index (χ2n) is 4.76. The Hall–Kier alpha value is -1.21. The van der Waals surface area contributed by atoms with Gasteiger partial charge in [0, 0.05) is 19.2 Å². The van der Waals surface area contributed by atoms with E-state index in [1.807, 2.05) is 0 Å². The third-order valence-corrected chi connectivity index (χ3v) is 4.09. The van der Waals surface area contributed by atoms with Crippen molar-refractivity contribution in [3.05, 3.63) is 26.9 Å². The number of piperidine rings is 1. The zero-order chi connectivity index (χ0) is 13.8. The van der Waals surface area contributed by atoms with E-state index in [0.29, 0.717) is 10.4 Å². The first-order valence-electron chi connectivity index (χ1n) is 6.36. The van der Waals surface area contributed by atoms with E-state index in [9.17, 15) is 10.1 Å². The van der Waals surface area contributed by atoms with Gasteiger partial charge in [0.25, 0.3) is 5.69 Å². The maximum absolute atomic E-state index is 10.7. The predicted octanol–water partition coefficient (Wildman–Crippen LogP) is 2.32. The quantitative estimate of drug-likeness (QED) is 0.677. The van der Waals surface area contributed by atoms with Crippen molar-refractivity contribution in [3.63, 3.8) is 0 Å². The van der Waals surface area contributed by atoms with Gasteiger partial charge in [-0.05, 0) is 47.7 Å². The van der Waals surface area contributed by atoms with Crippen LogP contribution < -0.4 is 10.6 Å². The predicted molar refractivity (Wildman–Crippen MR) is 77.2 cm³/mol. The van der Waals surface area contributed by atoms with Gasteiger partial charge in [0.1, 0.15) is 12.0 Å². The molecule has 0 spiro atoms. The lowest BCUT2D eigenvalue weighted by Gasteiger charge is -2.33. The van der Waals surface area contributed by atoms with Gasteiger partial charge < -0.3 is 10.6 Å². The molecular formula is C12H17BrN4O2. The highest BCUT2D eigenvalue weighted by molar-refractivity contribution is 9.10. The summed E-state index contributed by atoms with van der Waals surface area (Å²) >= 11 is 3.37. The summed E-state index contributed by atoms with van der Waals surface area (Å²) in [7, 11) is 0. The first kappa shape index (κ1) is 14.2. The van der Waals surface area contributed by atoms with Crippen molar-refractivity contribution in [2.45, 2.75) is 19.3 Å². The molecule has 2 rings (SSSR count). The molecule has 2 heterocycles. The zero-order valence-electron chi connectivity index (χ0n) is 10.6. The van der Waals surface area contributed by atoms with Gasteiger partial charge >= 0.3 is 0 Å². The van der Waals surface area contributed by atoms with Crippen LogP contribution in [0.25, 0.3) is 0 Å². The van der Waals surface area contributed by atoms with E-state index in [-0.39, 0.29) is 5.69 Å². The van der Waals surface area contributed by atoms with Crippen LogP contribution in [0.3, 0.4) is 0 Å². The van der Waals surface area contributed by atoms with Crippen molar-refractivity contribution in [2.75, 3.05) is 24.5 Å². The summed E-state index contributed by atoms with van der Waals surface area (Å²) in [6, 6.07) is 1.51. The number of nitro groups is 1. The average molecular weight is 329 g/mol. The molecule has 19 heavy (non-hydrogen) atoms. The number of aromatic nitrogens is 1. The normalized spacial score (nSPS) is 16.6. The highest BCUT2D eigenvalue weighted by Crippen LogP contribution is 2.31. The van der Waals surface area contributed by atoms with Crippen molar-refractivity contribution in [1.82, 2.24) is 4.98 Å². The van der Waals surface area contributed by atoms with Gasteiger partial charge in [0.15, 0.2) is 0 Å². The summed E-state index contributed by atoms with van der Waals surface area (Å²) in [5, 5.41) is 10.7. The molecule has 1 aliphatic rings. The molecule has 1 fully saturated rings. The van der Waals surface area contributed by atoms with Gasteiger partial charge in [-0.25, -0.2) is 4.98 Å². The molecule has 0 atom stereocenters. The highest BCUT2D eigenvalue weighted by atomic mass is 79.9. The number of nitrogens with zero attached hydrogens (tertiary/aromatic N) is 3. The number of nitrogens with two attached hydrogens (primary N) is 1. The summed E-state index contributed by atoms with van der Waals surface area (Å²) in [6.45, 7) is 2.59. The van der Waals surface area contributed by atoms with E-state index in [1.165, 1.54) is 12.3 Å². The second-order valence-corrected chi connectivity index (χ2v) is 5.62. The van der Waals surface area contributed by atoms with Gasteiger partial charge in [-0.3, -0.25) is 10.1 Å². The Labute approximate surface area is 120 Å². The van der Waals surface area contributed by atoms with E-state index in [4.69, 9.17) is 5.73 Å². The number of hydrogen-bond acceptors (Lipinski definition) is 5. The maximum atomic E-state index is 10.7. The van der Waals surface area contributed by atoms with E-state index in [2.05, 4.69) is 25.8 Å². The van der Waals surface area contributed by atoms with Gasteiger partial charge in [0.05, 0.1) is 9.40 Å². The van der Waals surface area contributed by atoms with Crippen LogP contribution in [0.1, 0.15) is 19.3 Å². The van der Waals surface area contributed by atoms with Crippen molar-refractivity contribution >= 4 is 27.4 Å². The Bertz CT molecular complexity index is 461. The molecule has 1 aliphatic heterocycles. The lowest BCUT2D eigenvalue weighted by atomic mass is 9.94. The van der Waals surface area contributed by atoms with Crippen LogP contribution in [0.4, 0.5) is 11.5 Å². The fourth-order valence-corrected chi connectivity index (χ4v) is 3.01. The molecule has 1 aromatic heterocycles. The molecule has 0 aromatic carbocycles. The Morgan fingerprint density at radius 3 is 2.74 bits per heavy atom. The lowest BCUT2D eigenvalue weighted by molar-refractivity contribution is -0.385. The monoisotopic (exact) mass is 328 g/mol. The molecule has 0 aliphatic carbocycles. The molecule has 7 heteroatoms. The summed E-state index contributed by atoms with van der Waals surface area (Å²) < 4.78 is 0.680. The van der Waals surface area contributed by atoms with Crippen LogP contribution in [0, 0.1) is 16.0 Å². The molecule has 1 saturated heterocycles. The highest BCUT2D eigenvalue weighted by Gasteiger charge is 2.22. The number of rotatable bonds is 4. The number of hydrogen-bond donors (Lipinski definition) is 1. The first-order chi connectivity index (χ1) is 9.11. The van der Waals surface area contributed by atoms with Gasteiger partial charge in [-0.15, -0.1) is 0 Å². The Balaban J connectivity index is 2.05. The van der Waals surface area contributed by atoms with Crippen molar-refractivity contribution in [1.29, 1.82) is 0 Å². The fraction of sp³-hybridized carbons (Fsp3) is 0.583. The Kier molecular flexibility index (Phi) is 4.71. The van der Waals surface area contributed by atoms with E-state index < -0.39 is 4.92 Å². The van der Waals surface area contributed by atoms with Crippen molar-refractivity contribution in [2.24, 2.45) is 11.7 Å². The topological polar surface area (TPSA) is 85.3 Å². The van der Waals surface area contributed by atoms with Gasteiger partial charge in [0.2, 0.25) is 0 Å². The SMILES string of the molecule is NCCC1CCN(c2ncc([N+](=O)[O-])cc2Br)CC1. The van der Waals surface area contributed by atoms with Crippen LogP contribution in [0.5, 0.6) is 0 Å². The second kappa shape index (κ2) is 6.29. The minimum atomic E-state index is -0.435. The Morgan fingerprint density at radius 2 is 2.21 bits per heavy atom. The summed E-state index contributed by atoms with van der Waals surface area (Å²) in [6.07, 6.45) is 4.58. The maximum Gasteiger partial charge on any atom is 0.288 e. The minimum Gasteiger partial charge on any atom is -0.356 e. The minimum absolute atomic E-state index is 0.00800. The number of pyridine rings is 1. The number of halogens is 1. The van der Waals surface area contributed by atoms with Crippen LogP contribution in [-0.2, 0) is 0 Å². The molecule has 0 amide bonds.